The van der Waals surface area contributed by atoms with Crippen LogP contribution < -0.4 is 4.90 Å². The minimum atomic E-state index is -0.487. The topological polar surface area (TPSA) is 66.6 Å². The van der Waals surface area contributed by atoms with Gasteiger partial charge in [0.1, 0.15) is 5.75 Å². The molecule has 0 aromatic heterocycles. The first-order valence-electron chi connectivity index (χ1n) is 4.90. The van der Waals surface area contributed by atoms with Crippen molar-refractivity contribution in [1.29, 1.82) is 0 Å². The molecule has 0 aliphatic carbocycles. The average molecular weight is 208 g/mol. The van der Waals surface area contributed by atoms with Crippen molar-refractivity contribution in [2.24, 2.45) is 0 Å². The lowest BCUT2D eigenvalue weighted by Gasteiger charge is -2.17. The van der Waals surface area contributed by atoms with Crippen molar-refractivity contribution in [3.05, 3.63) is 28.3 Å². The Morgan fingerprint density at radius 2 is 1.93 bits per heavy atom. The van der Waals surface area contributed by atoms with Gasteiger partial charge in [0, 0.05) is 30.9 Å². The standard InChI is InChI=1S/C10H12N2O3/c13-10-6-8(11-3-1-2-4-11)5-9(7-10)12(14)15/h5-7,13H,1-4H2. The SMILES string of the molecule is O=[N+]([O-])c1cc(O)cc(N2CCCC2)c1. The highest BCUT2D eigenvalue weighted by molar-refractivity contribution is 5.58. The number of rotatable bonds is 2. The first-order valence-corrected chi connectivity index (χ1v) is 4.90. The summed E-state index contributed by atoms with van der Waals surface area (Å²) in [5.74, 6) is -0.0499. The van der Waals surface area contributed by atoms with E-state index >= 15 is 0 Å². The fraction of sp³-hybridized carbons (Fsp3) is 0.400. The first-order chi connectivity index (χ1) is 7.16. The van der Waals surface area contributed by atoms with Crippen molar-refractivity contribution in [1.82, 2.24) is 0 Å². The Kier molecular flexibility index (Phi) is 2.45. The van der Waals surface area contributed by atoms with Crippen molar-refractivity contribution in [2.75, 3.05) is 18.0 Å². The Bertz CT molecular complexity index is 386. The number of nitro groups is 1. The van der Waals surface area contributed by atoms with Crippen molar-refractivity contribution in [3.8, 4) is 5.75 Å². The Morgan fingerprint density at radius 3 is 2.53 bits per heavy atom. The van der Waals surface area contributed by atoms with E-state index in [9.17, 15) is 15.2 Å². The van der Waals surface area contributed by atoms with Crippen LogP contribution in [0.25, 0.3) is 0 Å². The van der Waals surface area contributed by atoms with Crippen LogP contribution in [0.15, 0.2) is 18.2 Å². The van der Waals surface area contributed by atoms with E-state index in [1.54, 1.807) is 6.07 Å². The van der Waals surface area contributed by atoms with Gasteiger partial charge >= 0.3 is 0 Å². The quantitative estimate of drug-likeness (QED) is 0.595. The molecule has 0 radical (unpaired) electrons. The lowest BCUT2D eigenvalue weighted by molar-refractivity contribution is -0.384. The van der Waals surface area contributed by atoms with Gasteiger partial charge < -0.3 is 10.0 Å². The minimum absolute atomic E-state index is 0.0499. The fourth-order valence-corrected chi connectivity index (χ4v) is 1.84. The Morgan fingerprint density at radius 1 is 1.27 bits per heavy atom. The van der Waals surface area contributed by atoms with Crippen LogP contribution in [0.2, 0.25) is 0 Å². The second-order valence-corrected chi connectivity index (χ2v) is 3.66. The molecule has 1 aromatic carbocycles. The van der Waals surface area contributed by atoms with Crippen LogP contribution in [-0.2, 0) is 0 Å². The van der Waals surface area contributed by atoms with Gasteiger partial charge in [0.05, 0.1) is 11.0 Å². The normalized spacial score (nSPS) is 15.6. The number of nitro benzene ring substituents is 1. The zero-order valence-corrected chi connectivity index (χ0v) is 8.22. The number of nitrogens with zero attached hydrogens (tertiary/aromatic N) is 2. The number of hydrogen-bond donors (Lipinski definition) is 1. The van der Waals surface area contributed by atoms with Gasteiger partial charge in [-0.3, -0.25) is 10.1 Å². The highest BCUT2D eigenvalue weighted by atomic mass is 16.6. The molecule has 0 bridgehead atoms. The summed E-state index contributed by atoms with van der Waals surface area (Å²) in [6.07, 6.45) is 2.20. The summed E-state index contributed by atoms with van der Waals surface area (Å²) in [6.45, 7) is 1.81. The van der Waals surface area contributed by atoms with Gasteiger partial charge in [-0.25, -0.2) is 0 Å². The third-order valence-corrected chi connectivity index (χ3v) is 2.57. The number of non-ortho nitro benzene ring substituents is 1. The number of benzene rings is 1. The van der Waals surface area contributed by atoms with Gasteiger partial charge in [0.15, 0.2) is 0 Å². The average Bonchev–Trinajstić information content (AvgIpc) is 2.69. The molecular formula is C10H12N2O3. The molecule has 1 saturated heterocycles. The van der Waals surface area contributed by atoms with Crippen LogP contribution in [0.3, 0.4) is 0 Å². The maximum Gasteiger partial charge on any atom is 0.275 e. The maximum absolute atomic E-state index is 10.6. The molecule has 0 spiro atoms. The molecule has 1 aliphatic rings. The summed E-state index contributed by atoms with van der Waals surface area (Å²) in [5.41, 5.74) is 0.677. The number of phenols is 1. The van der Waals surface area contributed by atoms with Gasteiger partial charge in [-0.15, -0.1) is 0 Å². The van der Waals surface area contributed by atoms with Gasteiger partial charge in [-0.2, -0.15) is 0 Å². The van der Waals surface area contributed by atoms with E-state index < -0.39 is 4.92 Å². The monoisotopic (exact) mass is 208 g/mol. The Balaban J connectivity index is 2.34. The van der Waals surface area contributed by atoms with E-state index in [-0.39, 0.29) is 11.4 Å². The predicted molar refractivity (Wildman–Crippen MR) is 56.2 cm³/mol. The molecule has 5 heteroatoms. The zero-order valence-electron chi connectivity index (χ0n) is 8.22. The molecule has 2 rings (SSSR count). The van der Waals surface area contributed by atoms with Gasteiger partial charge in [0.25, 0.3) is 5.69 Å². The van der Waals surface area contributed by atoms with Crippen LogP contribution in [0.5, 0.6) is 5.75 Å². The van der Waals surface area contributed by atoms with Gasteiger partial charge in [-0.1, -0.05) is 0 Å². The lowest BCUT2D eigenvalue weighted by atomic mass is 10.2. The van der Waals surface area contributed by atoms with E-state index in [2.05, 4.69) is 0 Å². The maximum atomic E-state index is 10.6. The van der Waals surface area contributed by atoms with Gasteiger partial charge in [-0.05, 0) is 12.8 Å². The third kappa shape index (κ3) is 2.01. The van der Waals surface area contributed by atoms with E-state index in [0.717, 1.165) is 31.6 Å². The lowest BCUT2D eigenvalue weighted by Crippen LogP contribution is -2.17. The molecule has 1 fully saturated rings. The molecule has 5 nitrogen and oxygen atoms in total. The number of aromatic hydroxyl groups is 1. The van der Waals surface area contributed by atoms with Crippen molar-refractivity contribution < 1.29 is 10.0 Å². The van der Waals surface area contributed by atoms with Gasteiger partial charge in [0.2, 0.25) is 0 Å². The molecule has 0 atom stereocenters. The third-order valence-electron chi connectivity index (χ3n) is 2.57. The van der Waals surface area contributed by atoms with Crippen LogP contribution in [0, 0.1) is 10.1 Å². The zero-order chi connectivity index (χ0) is 10.8. The minimum Gasteiger partial charge on any atom is -0.508 e. The molecule has 1 aliphatic heterocycles. The molecular weight excluding hydrogens is 196 g/mol. The van der Waals surface area contributed by atoms with Crippen LogP contribution in [0.1, 0.15) is 12.8 Å². The highest BCUT2D eigenvalue weighted by Crippen LogP contribution is 2.29. The molecule has 0 unspecified atom stereocenters. The van der Waals surface area contributed by atoms with Crippen LogP contribution >= 0.6 is 0 Å². The van der Waals surface area contributed by atoms with E-state index in [0.29, 0.717) is 0 Å². The molecule has 1 N–H and O–H groups in total. The molecule has 0 amide bonds. The van der Waals surface area contributed by atoms with Crippen molar-refractivity contribution in [3.63, 3.8) is 0 Å². The predicted octanol–water partition coefficient (Wildman–Crippen LogP) is 1.90. The first kappa shape index (κ1) is 9.76. The fourth-order valence-electron chi connectivity index (χ4n) is 1.84. The van der Waals surface area contributed by atoms with E-state index in [1.807, 2.05) is 4.90 Å². The summed E-state index contributed by atoms with van der Waals surface area (Å²) in [4.78, 5) is 12.2. The summed E-state index contributed by atoms with van der Waals surface area (Å²) in [6, 6.07) is 4.24. The number of anilines is 1. The second-order valence-electron chi connectivity index (χ2n) is 3.66. The summed E-state index contributed by atoms with van der Waals surface area (Å²) >= 11 is 0. The van der Waals surface area contributed by atoms with Crippen LogP contribution in [0.4, 0.5) is 11.4 Å². The van der Waals surface area contributed by atoms with E-state index in [4.69, 9.17) is 0 Å². The largest absolute Gasteiger partial charge is 0.508 e. The summed E-state index contributed by atoms with van der Waals surface area (Å²) in [5, 5.41) is 20.0. The second kappa shape index (κ2) is 3.76. The smallest absolute Gasteiger partial charge is 0.275 e. The number of phenolic OH excluding ortho intramolecular Hbond substituents is 1. The molecule has 15 heavy (non-hydrogen) atoms. The van der Waals surface area contributed by atoms with E-state index in [1.165, 1.54) is 12.1 Å². The Hall–Kier alpha value is -1.78. The number of hydrogen-bond acceptors (Lipinski definition) is 4. The van der Waals surface area contributed by atoms with Crippen molar-refractivity contribution >= 4 is 11.4 Å². The molecule has 0 saturated carbocycles. The molecule has 1 aromatic rings. The van der Waals surface area contributed by atoms with Crippen LogP contribution in [-0.4, -0.2) is 23.1 Å². The Labute approximate surface area is 87.1 Å². The highest BCUT2D eigenvalue weighted by Gasteiger charge is 2.16. The summed E-state index contributed by atoms with van der Waals surface area (Å²) < 4.78 is 0. The molecule has 1 heterocycles. The van der Waals surface area contributed by atoms with Crippen molar-refractivity contribution in [2.45, 2.75) is 12.8 Å². The summed E-state index contributed by atoms with van der Waals surface area (Å²) in [7, 11) is 0. The molecule has 80 valence electrons.